The molecule has 1 rings (SSSR count). The molecule has 6 heteroatoms. The summed E-state index contributed by atoms with van der Waals surface area (Å²) >= 11 is 0. The number of ether oxygens (including phenoxy) is 1. The number of esters is 1. The van der Waals surface area contributed by atoms with Crippen molar-refractivity contribution in [1.29, 1.82) is 0 Å². The van der Waals surface area contributed by atoms with Crippen LogP contribution in [0.15, 0.2) is 18.7 Å². The van der Waals surface area contributed by atoms with Gasteiger partial charge in [-0.15, -0.1) is 0 Å². The molecular formula is C13H23N3O3. The largest absolute Gasteiger partial charge is 0.466 e. The van der Waals surface area contributed by atoms with Gasteiger partial charge >= 0.3 is 5.97 Å². The van der Waals surface area contributed by atoms with Crippen LogP contribution in [-0.4, -0.2) is 46.4 Å². The molecule has 0 aliphatic rings. The van der Waals surface area contributed by atoms with Crippen molar-refractivity contribution in [3.05, 3.63) is 18.7 Å². The standard InChI is InChI=1S/C13H23N3O3/c1-2-19-13(18)9-12(17)10-14-5-3-4-7-16-8-6-15-11-16/h6,8,11-12,14,17H,2-5,7,9-10H2,1H3. The Morgan fingerprint density at radius 1 is 1.53 bits per heavy atom. The molecule has 0 aliphatic carbocycles. The molecule has 0 bridgehead atoms. The van der Waals surface area contributed by atoms with Gasteiger partial charge in [0, 0.05) is 25.5 Å². The molecule has 1 heterocycles. The van der Waals surface area contributed by atoms with E-state index >= 15 is 0 Å². The number of carbonyl (C=O) groups excluding carboxylic acids is 1. The summed E-state index contributed by atoms with van der Waals surface area (Å²) in [7, 11) is 0. The van der Waals surface area contributed by atoms with Crippen LogP contribution in [-0.2, 0) is 16.1 Å². The maximum atomic E-state index is 11.1. The summed E-state index contributed by atoms with van der Waals surface area (Å²) in [6.07, 6.45) is 6.96. The van der Waals surface area contributed by atoms with Crippen LogP contribution < -0.4 is 5.32 Å². The van der Waals surface area contributed by atoms with Crippen LogP contribution in [0, 0.1) is 0 Å². The van der Waals surface area contributed by atoms with E-state index in [9.17, 15) is 9.90 Å². The van der Waals surface area contributed by atoms with Gasteiger partial charge in [-0.3, -0.25) is 4.79 Å². The molecule has 108 valence electrons. The van der Waals surface area contributed by atoms with Gasteiger partial charge in [-0.25, -0.2) is 4.98 Å². The Kier molecular flexibility index (Phi) is 7.84. The summed E-state index contributed by atoms with van der Waals surface area (Å²) in [5, 5.41) is 12.7. The van der Waals surface area contributed by atoms with Crippen LogP contribution in [0.5, 0.6) is 0 Å². The Labute approximate surface area is 113 Å². The number of nitrogens with one attached hydrogen (secondary N) is 1. The maximum absolute atomic E-state index is 11.1. The lowest BCUT2D eigenvalue weighted by Crippen LogP contribution is -2.30. The molecule has 1 atom stereocenters. The summed E-state index contributed by atoms with van der Waals surface area (Å²) in [5.74, 6) is -0.350. The van der Waals surface area contributed by atoms with Crippen LogP contribution in [0.1, 0.15) is 26.2 Å². The number of aliphatic hydroxyl groups is 1. The predicted octanol–water partition coefficient (Wildman–Crippen LogP) is 0.567. The molecule has 1 aromatic rings. The number of imidazole rings is 1. The lowest BCUT2D eigenvalue weighted by molar-refractivity contribution is -0.145. The van der Waals surface area contributed by atoms with Crippen molar-refractivity contribution in [2.45, 2.75) is 38.8 Å². The van der Waals surface area contributed by atoms with Gasteiger partial charge in [-0.2, -0.15) is 0 Å². The van der Waals surface area contributed by atoms with Crippen molar-refractivity contribution in [1.82, 2.24) is 14.9 Å². The van der Waals surface area contributed by atoms with E-state index in [1.807, 2.05) is 10.8 Å². The van der Waals surface area contributed by atoms with Gasteiger partial charge in [0.15, 0.2) is 0 Å². The van der Waals surface area contributed by atoms with Crippen LogP contribution in [0.2, 0.25) is 0 Å². The van der Waals surface area contributed by atoms with Gasteiger partial charge in [0.05, 0.1) is 25.5 Å². The number of aryl methyl sites for hydroxylation is 1. The molecule has 0 amide bonds. The van der Waals surface area contributed by atoms with Crippen molar-refractivity contribution in [3.8, 4) is 0 Å². The fourth-order valence-corrected chi connectivity index (χ4v) is 1.72. The first-order valence-electron chi connectivity index (χ1n) is 6.72. The number of nitrogens with zero attached hydrogens (tertiary/aromatic N) is 2. The first-order chi connectivity index (χ1) is 9.22. The fraction of sp³-hybridized carbons (Fsp3) is 0.692. The second-order valence-corrected chi connectivity index (χ2v) is 4.37. The van der Waals surface area contributed by atoms with E-state index in [0.29, 0.717) is 13.2 Å². The van der Waals surface area contributed by atoms with Gasteiger partial charge < -0.3 is 19.7 Å². The molecular weight excluding hydrogens is 246 g/mol. The highest BCUT2D eigenvalue weighted by atomic mass is 16.5. The molecule has 0 saturated carbocycles. The minimum Gasteiger partial charge on any atom is -0.466 e. The van der Waals surface area contributed by atoms with E-state index in [1.54, 1.807) is 19.4 Å². The number of aromatic nitrogens is 2. The molecule has 0 radical (unpaired) electrons. The van der Waals surface area contributed by atoms with Gasteiger partial charge in [0.1, 0.15) is 0 Å². The van der Waals surface area contributed by atoms with Crippen LogP contribution in [0.4, 0.5) is 0 Å². The van der Waals surface area contributed by atoms with Gasteiger partial charge in [0.25, 0.3) is 0 Å². The van der Waals surface area contributed by atoms with Crippen molar-refractivity contribution in [3.63, 3.8) is 0 Å². The highest BCUT2D eigenvalue weighted by molar-refractivity contribution is 5.69. The van der Waals surface area contributed by atoms with E-state index in [-0.39, 0.29) is 12.4 Å². The van der Waals surface area contributed by atoms with Gasteiger partial charge in [-0.05, 0) is 26.3 Å². The summed E-state index contributed by atoms with van der Waals surface area (Å²) in [6, 6.07) is 0. The first-order valence-corrected chi connectivity index (χ1v) is 6.72. The van der Waals surface area contributed by atoms with Crippen LogP contribution >= 0.6 is 0 Å². The highest BCUT2D eigenvalue weighted by Crippen LogP contribution is 1.96. The lowest BCUT2D eigenvalue weighted by Gasteiger charge is -2.11. The van der Waals surface area contributed by atoms with Crippen molar-refractivity contribution < 1.29 is 14.6 Å². The normalized spacial score (nSPS) is 12.3. The van der Waals surface area contributed by atoms with E-state index in [1.165, 1.54) is 0 Å². The molecule has 0 spiro atoms. The molecule has 19 heavy (non-hydrogen) atoms. The predicted molar refractivity (Wildman–Crippen MR) is 71.6 cm³/mol. The number of rotatable bonds is 10. The van der Waals surface area contributed by atoms with E-state index < -0.39 is 6.10 Å². The lowest BCUT2D eigenvalue weighted by atomic mass is 10.2. The molecule has 1 aromatic heterocycles. The van der Waals surface area contributed by atoms with Crippen molar-refractivity contribution in [2.24, 2.45) is 0 Å². The summed E-state index contributed by atoms with van der Waals surface area (Å²) in [4.78, 5) is 15.1. The molecule has 0 aromatic carbocycles. The number of carbonyl (C=O) groups is 1. The Morgan fingerprint density at radius 2 is 2.37 bits per heavy atom. The zero-order valence-electron chi connectivity index (χ0n) is 11.4. The Balaban J connectivity index is 1.93. The number of aliphatic hydroxyl groups excluding tert-OH is 1. The second-order valence-electron chi connectivity index (χ2n) is 4.37. The third kappa shape index (κ3) is 7.58. The van der Waals surface area contributed by atoms with Crippen LogP contribution in [0.3, 0.4) is 0 Å². The molecule has 0 saturated heterocycles. The van der Waals surface area contributed by atoms with Gasteiger partial charge in [0.2, 0.25) is 0 Å². The smallest absolute Gasteiger partial charge is 0.308 e. The average Bonchev–Trinajstić information content (AvgIpc) is 2.86. The summed E-state index contributed by atoms with van der Waals surface area (Å²) in [5.41, 5.74) is 0. The Morgan fingerprint density at radius 3 is 3.05 bits per heavy atom. The monoisotopic (exact) mass is 269 g/mol. The molecule has 2 N–H and O–H groups in total. The third-order valence-electron chi connectivity index (χ3n) is 2.67. The van der Waals surface area contributed by atoms with E-state index in [4.69, 9.17) is 4.74 Å². The molecule has 6 nitrogen and oxygen atoms in total. The van der Waals surface area contributed by atoms with E-state index in [2.05, 4.69) is 10.3 Å². The summed E-state index contributed by atoms with van der Waals surface area (Å²) < 4.78 is 6.80. The SMILES string of the molecule is CCOC(=O)CC(O)CNCCCCn1ccnc1. The first kappa shape index (κ1) is 15.7. The Bertz CT molecular complexity index is 341. The van der Waals surface area contributed by atoms with Crippen molar-refractivity contribution >= 4 is 5.97 Å². The minimum atomic E-state index is -0.673. The number of hydrogen-bond acceptors (Lipinski definition) is 5. The number of unbranched alkanes of at least 4 members (excludes halogenated alkanes) is 1. The summed E-state index contributed by atoms with van der Waals surface area (Å²) in [6.45, 7) is 4.31. The molecule has 1 unspecified atom stereocenters. The fourth-order valence-electron chi connectivity index (χ4n) is 1.72. The van der Waals surface area contributed by atoms with E-state index in [0.717, 1.165) is 25.9 Å². The number of hydrogen-bond donors (Lipinski definition) is 2. The Hall–Kier alpha value is -1.40. The maximum Gasteiger partial charge on any atom is 0.308 e. The van der Waals surface area contributed by atoms with Gasteiger partial charge in [-0.1, -0.05) is 0 Å². The van der Waals surface area contributed by atoms with Crippen LogP contribution in [0.25, 0.3) is 0 Å². The van der Waals surface area contributed by atoms with Crippen molar-refractivity contribution in [2.75, 3.05) is 19.7 Å². The second kappa shape index (κ2) is 9.52. The third-order valence-corrected chi connectivity index (χ3v) is 2.67. The topological polar surface area (TPSA) is 76.4 Å². The highest BCUT2D eigenvalue weighted by Gasteiger charge is 2.10. The minimum absolute atomic E-state index is 0.0515. The zero-order chi connectivity index (χ0) is 13.9. The molecule has 0 fully saturated rings. The average molecular weight is 269 g/mol. The quantitative estimate of drug-likeness (QED) is 0.479. The molecule has 0 aliphatic heterocycles. The zero-order valence-corrected chi connectivity index (χ0v) is 11.4.